The third kappa shape index (κ3) is 8.85. The maximum Gasteiger partial charge on any atom is 0.0628 e. The van der Waals surface area contributed by atoms with Gasteiger partial charge in [0.15, 0.2) is 0 Å². The molecule has 0 aliphatic carbocycles. The molecule has 0 aromatic heterocycles. The molecule has 0 aliphatic heterocycles. The Morgan fingerprint density at radius 3 is 2.47 bits per heavy atom. The first-order valence-corrected chi connectivity index (χ1v) is 6.01. The molecule has 0 spiro atoms. The van der Waals surface area contributed by atoms with Crippen molar-refractivity contribution in [2.75, 3.05) is 40.4 Å². The van der Waals surface area contributed by atoms with Crippen LogP contribution in [0.2, 0.25) is 0 Å². The maximum absolute atomic E-state index is 5.19. The Kier molecular flexibility index (Phi) is 9.06. The smallest absolute Gasteiger partial charge is 0.0628 e. The molecule has 0 aromatic carbocycles. The molecule has 0 aliphatic rings. The summed E-state index contributed by atoms with van der Waals surface area (Å²) in [5.74, 6) is 0.785. The summed E-state index contributed by atoms with van der Waals surface area (Å²) in [7, 11) is 3.95. The average molecular weight is 216 g/mol. The van der Waals surface area contributed by atoms with Crippen molar-refractivity contribution in [2.24, 2.45) is 5.92 Å². The molecule has 0 rings (SSSR count). The molecule has 0 heterocycles. The van der Waals surface area contributed by atoms with Crippen molar-refractivity contribution >= 4 is 0 Å². The molecule has 0 fully saturated rings. The van der Waals surface area contributed by atoms with Crippen LogP contribution in [-0.4, -0.2) is 51.3 Å². The fraction of sp³-hybridized carbons (Fsp3) is 1.00. The van der Waals surface area contributed by atoms with Gasteiger partial charge in [-0.2, -0.15) is 0 Å². The predicted molar refractivity (Wildman–Crippen MR) is 66.3 cm³/mol. The largest absolute Gasteiger partial charge is 0.383 e. The van der Waals surface area contributed by atoms with Gasteiger partial charge in [-0.3, -0.25) is 0 Å². The molecular weight excluding hydrogens is 188 g/mol. The van der Waals surface area contributed by atoms with Gasteiger partial charge in [0.1, 0.15) is 0 Å². The van der Waals surface area contributed by atoms with E-state index >= 15 is 0 Å². The van der Waals surface area contributed by atoms with Crippen LogP contribution < -0.4 is 5.32 Å². The zero-order chi connectivity index (χ0) is 11.7. The topological polar surface area (TPSA) is 24.5 Å². The molecule has 1 atom stereocenters. The second-order valence-corrected chi connectivity index (χ2v) is 4.65. The van der Waals surface area contributed by atoms with Crippen LogP contribution in [0.3, 0.4) is 0 Å². The molecule has 0 bridgehead atoms. The zero-order valence-corrected chi connectivity index (χ0v) is 11.0. The van der Waals surface area contributed by atoms with E-state index < -0.39 is 0 Å². The monoisotopic (exact) mass is 216 g/mol. The predicted octanol–water partition coefficient (Wildman–Crippen LogP) is 1.59. The van der Waals surface area contributed by atoms with Crippen molar-refractivity contribution in [3.63, 3.8) is 0 Å². The Balaban J connectivity index is 3.72. The molecular formula is C12H28N2O. The summed E-state index contributed by atoms with van der Waals surface area (Å²) in [5.41, 5.74) is 0. The lowest BCUT2D eigenvalue weighted by molar-refractivity contribution is 0.145. The summed E-state index contributed by atoms with van der Waals surface area (Å²) >= 11 is 0. The Morgan fingerprint density at radius 2 is 2.00 bits per heavy atom. The van der Waals surface area contributed by atoms with E-state index in [4.69, 9.17) is 4.74 Å². The summed E-state index contributed by atoms with van der Waals surface area (Å²) in [6.45, 7) is 10.7. The molecule has 1 N–H and O–H groups in total. The van der Waals surface area contributed by atoms with E-state index in [9.17, 15) is 0 Å². The third-order valence-corrected chi connectivity index (χ3v) is 2.48. The summed E-state index contributed by atoms with van der Waals surface area (Å²) in [5, 5.41) is 3.44. The number of ether oxygens (including phenoxy) is 1. The minimum absolute atomic E-state index is 0.456. The van der Waals surface area contributed by atoms with Crippen molar-refractivity contribution < 1.29 is 4.74 Å². The first kappa shape index (κ1) is 14.9. The molecule has 3 heteroatoms. The highest BCUT2D eigenvalue weighted by atomic mass is 16.5. The molecule has 3 nitrogen and oxygen atoms in total. The molecule has 0 saturated heterocycles. The number of nitrogens with zero attached hydrogens (tertiary/aromatic N) is 1. The van der Waals surface area contributed by atoms with Crippen LogP contribution >= 0.6 is 0 Å². The number of nitrogens with one attached hydrogen (secondary N) is 1. The van der Waals surface area contributed by atoms with Gasteiger partial charge in [0.25, 0.3) is 0 Å². The van der Waals surface area contributed by atoms with Gasteiger partial charge in [0.05, 0.1) is 6.61 Å². The van der Waals surface area contributed by atoms with Crippen LogP contribution in [0.4, 0.5) is 0 Å². The van der Waals surface area contributed by atoms with Crippen molar-refractivity contribution in [3.8, 4) is 0 Å². The van der Waals surface area contributed by atoms with Crippen LogP contribution in [0.25, 0.3) is 0 Å². The standard InChI is InChI=1S/C12H28N2O/c1-6-13-12(10-15-5)9-14(4)8-7-11(2)3/h11-13H,6-10H2,1-5H3. The SMILES string of the molecule is CCNC(COC)CN(C)CCC(C)C. The van der Waals surface area contributed by atoms with Gasteiger partial charge in [-0.15, -0.1) is 0 Å². The zero-order valence-electron chi connectivity index (χ0n) is 11.0. The van der Waals surface area contributed by atoms with Gasteiger partial charge < -0.3 is 15.0 Å². The summed E-state index contributed by atoms with van der Waals surface area (Å²) in [6.07, 6.45) is 1.27. The molecule has 1 unspecified atom stereocenters. The Hall–Kier alpha value is -0.120. The second-order valence-electron chi connectivity index (χ2n) is 4.65. The molecule has 0 saturated carbocycles. The van der Waals surface area contributed by atoms with E-state index in [2.05, 4.69) is 38.0 Å². The number of rotatable bonds is 9. The molecule has 15 heavy (non-hydrogen) atoms. The van der Waals surface area contributed by atoms with Crippen LogP contribution in [0.5, 0.6) is 0 Å². The normalized spacial score (nSPS) is 13.8. The van der Waals surface area contributed by atoms with Crippen molar-refractivity contribution in [1.29, 1.82) is 0 Å². The highest BCUT2D eigenvalue weighted by Gasteiger charge is 2.10. The van der Waals surface area contributed by atoms with E-state index in [1.54, 1.807) is 7.11 Å². The minimum atomic E-state index is 0.456. The Bertz CT molecular complexity index is 134. The van der Waals surface area contributed by atoms with E-state index in [-0.39, 0.29) is 0 Å². The van der Waals surface area contributed by atoms with Crippen LogP contribution in [-0.2, 0) is 4.74 Å². The summed E-state index contributed by atoms with van der Waals surface area (Å²) in [4.78, 5) is 2.38. The fourth-order valence-electron chi connectivity index (χ4n) is 1.61. The Labute approximate surface area is 95.2 Å². The highest BCUT2D eigenvalue weighted by molar-refractivity contribution is 4.69. The van der Waals surface area contributed by atoms with Crippen LogP contribution in [0.1, 0.15) is 27.2 Å². The van der Waals surface area contributed by atoms with Gasteiger partial charge in [-0.1, -0.05) is 20.8 Å². The van der Waals surface area contributed by atoms with Gasteiger partial charge in [0, 0.05) is 19.7 Å². The molecule has 0 aromatic rings. The number of methoxy groups -OCH3 is 1. The third-order valence-electron chi connectivity index (χ3n) is 2.48. The van der Waals surface area contributed by atoms with Crippen LogP contribution in [0.15, 0.2) is 0 Å². The number of hydrogen-bond acceptors (Lipinski definition) is 3. The fourth-order valence-corrected chi connectivity index (χ4v) is 1.61. The highest BCUT2D eigenvalue weighted by Crippen LogP contribution is 2.01. The van der Waals surface area contributed by atoms with Gasteiger partial charge in [-0.05, 0) is 32.5 Å². The van der Waals surface area contributed by atoms with Gasteiger partial charge in [0.2, 0.25) is 0 Å². The van der Waals surface area contributed by atoms with Crippen molar-refractivity contribution in [2.45, 2.75) is 33.2 Å². The van der Waals surface area contributed by atoms with E-state index in [0.717, 1.165) is 25.6 Å². The van der Waals surface area contributed by atoms with E-state index in [0.29, 0.717) is 6.04 Å². The van der Waals surface area contributed by atoms with Gasteiger partial charge in [-0.25, -0.2) is 0 Å². The van der Waals surface area contributed by atoms with E-state index in [1.165, 1.54) is 13.0 Å². The van der Waals surface area contributed by atoms with Crippen LogP contribution in [0, 0.1) is 5.92 Å². The van der Waals surface area contributed by atoms with Crippen molar-refractivity contribution in [1.82, 2.24) is 10.2 Å². The maximum atomic E-state index is 5.19. The first-order chi connectivity index (χ1) is 7.10. The van der Waals surface area contributed by atoms with Crippen molar-refractivity contribution in [3.05, 3.63) is 0 Å². The minimum Gasteiger partial charge on any atom is -0.383 e. The number of likely N-dealkylation sites (N-methyl/N-ethyl adjacent to an activating group) is 2. The second kappa shape index (κ2) is 9.13. The van der Waals surface area contributed by atoms with Gasteiger partial charge >= 0.3 is 0 Å². The molecule has 0 radical (unpaired) electrons. The lowest BCUT2D eigenvalue weighted by atomic mass is 10.1. The first-order valence-electron chi connectivity index (χ1n) is 6.01. The Morgan fingerprint density at radius 1 is 1.33 bits per heavy atom. The quantitative estimate of drug-likeness (QED) is 0.633. The lowest BCUT2D eigenvalue weighted by Gasteiger charge is -2.24. The molecule has 92 valence electrons. The molecule has 0 amide bonds. The van der Waals surface area contributed by atoms with E-state index in [1.807, 2.05) is 0 Å². The summed E-state index contributed by atoms with van der Waals surface area (Å²) < 4.78 is 5.19. The summed E-state index contributed by atoms with van der Waals surface area (Å²) in [6, 6.07) is 0.456. The number of hydrogen-bond donors (Lipinski definition) is 1. The average Bonchev–Trinajstić information content (AvgIpc) is 2.15. The lowest BCUT2D eigenvalue weighted by Crippen LogP contribution is -2.42.